The number of amides is 2. The highest BCUT2D eigenvalue weighted by Crippen LogP contribution is 2.36. The lowest BCUT2D eigenvalue weighted by Gasteiger charge is -2.16. The zero-order valence-corrected chi connectivity index (χ0v) is 22.9. The van der Waals surface area contributed by atoms with Gasteiger partial charge in [-0.3, -0.25) is 9.59 Å². The van der Waals surface area contributed by atoms with Gasteiger partial charge in [-0.25, -0.2) is 19.7 Å². The van der Waals surface area contributed by atoms with Gasteiger partial charge in [0.2, 0.25) is 5.82 Å². The number of benzene rings is 4. The van der Waals surface area contributed by atoms with E-state index in [4.69, 9.17) is 9.47 Å². The zero-order valence-electron chi connectivity index (χ0n) is 22.9. The molecule has 220 valence electrons. The summed E-state index contributed by atoms with van der Waals surface area (Å²) < 4.78 is 50.6. The van der Waals surface area contributed by atoms with Crippen LogP contribution in [0.3, 0.4) is 0 Å². The van der Waals surface area contributed by atoms with E-state index in [0.717, 1.165) is 18.2 Å². The van der Waals surface area contributed by atoms with Gasteiger partial charge in [0, 0.05) is 11.1 Å². The number of rotatable bonds is 7. The second kappa shape index (κ2) is 11.1. The largest absolute Gasteiger partial charge is 0.460 e. The van der Waals surface area contributed by atoms with Gasteiger partial charge in [-0.15, -0.1) is 0 Å². The molecule has 12 heteroatoms. The van der Waals surface area contributed by atoms with Crippen LogP contribution in [0.4, 0.5) is 30.4 Å². The van der Waals surface area contributed by atoms with E-state index in [2.05, 4.69) is 15.3 Å². The molecule has 5 aromatic rings. The number of ether oxygens (including phenoxy) is 2. The van der Waals surface area contributed by atoms with Crippen LogP contribution in [0.25, 0.3) is 10.9 Å². The summed E-state index contributed by atoms with van der Waals surface area (Å²) >= 11 is 0. The first-order valence-corrected chi connectivity index (χ1v) is 13.3. The first kappa shape index (κ1) is 28.3. The van der Waals surface area contributed by atoms with Crippen molar-refractivity contribution in [2.45, 2.75) is 13.1 Å². The van der Waals surface area contributed by atoms with E-state index in [9.17, 15) is 27.6 Å². The number of carbonyl (C=O) groups excluding carboxylic acids is 3. The van der Waals surface area contributed by atoms with Crippen LogP contribution in [0.15, 0.2) is 91.0 Å². The minimum absolute atomic E-state index is 0.0104. The zero-order chi connectivity index (χ0) is 31.0. The SMILES string of the molecule is CCOC(=O)c1nc(Nc2ccc(Oc3ccc4c(c3)C(=O)N(c3cccc(C(F)(F)F)c3)C4=O)cc2)c2ccccc2n1. The van der Waals surface area contributed by atoms with E-state index in [1.165, 1.54) is 24.3 Å². The number of esters is 1. The van der Waals surface area contributed by atoms with Crippen molar-refractivity contribution in [3.05, 3.63) is 114 Å². The molecular weight excluding hydrogens is 577 g/mol. The molecule has 6 rings (SSSR count). The third-order valence-corrected chi connectivity index (χ3v) is 6.70. The molecule has 0 bridgehead atoms. The molecule has 9 nitrogen and oxygen atoms in total. The first-order valence-electron chi connectivity index (χ1n) is 13.3. The van der Waals surface area contributed by atoms with Gasteiger partial charge in [0.15, 0.2) is 0 Å². The van der Waals surface area contributed by atoms with E-state index in [1.807, 2.05) is 12.1 Å². The molecule has 0 spiro atoms. The predicted octanol–water partition coefficient (Wildman–Crippen LogP) is 7.16. The second-order valence-electron chi connectivity index (χ2n) is 9.59. The molecule has 0 saturated carbocycles. The molecule has 1 aromatic heterocycles. The van der Waals surface area contributed by atoms with Gasteiger partial charge in [0.05, 0.1) is 34.5 Å². The highest BCUT2D eigenvalue weighted by Gasteiger charge is 2.38. The van der Waals surface area contributed by atoms with E-state index >= 15 is 0 Å². The lowest BCUT2D eigenvalue weighted by atomic mass is 10.1. The van der Waals surface area contributed by atoms with Crippen LogP contribution >= 0.6 is 0 Å². The Morgan fingerprint density at radius 2 is 1.57 bits per heavy atom. The van der Waals surface area contributed by atoms with Gasteiger partial charge in [-0.2, -0.15) is 13.2 Å². The smallest absolute Gasteiger partial charge is 0.416 e. The lowest BCUT2D eigenvalue weighted by molar-refractivity contribution is -0.137. The molecular formula is C32H21F3N4O5. The molecule has 0 atom stereocenters. The molecule has 44 heavy (non-hydrogen) atoms. The quantitative estimate of drug-likeness (QED) is 0.155. The van der Waals surface area contributed by atoms with Crippen molar-refractivity contribution in [3.63, 3.8) is 0 Å². The fourth-order valence-corrected chi connectivity index (χ4v) is 4.68. The van der Waals surface area contributed by atoms with Crippen LogP contribution in [0.2, 0.25) is 0 Å². The summed E-state index contributed by atoms with van der Waals surface area (Å²) in [5.74, 6) is -1.15. The van der Waals surface area contributed by atoms with Gasteiger partial charge >= 0.3 is 12.1 Å². The Balaban J connectivity index is 1.21. The Hall–Kier alpha value is -5.78. The Kier molecular flexibility index (Phi) is 7.17. The highest BCUT2D eigenvalue weighted by molar-refractivity contribution is 6.34. The number of aromatic nitrogens is 2. The molecule has 0 saturated heterocycles. The van der Waals surface area contributed by atoms with E-state index in [-0.39, 0.29) is 35.0 Å². The Bertz CT molecular complexity index is 1940. The number of alkyl halides is 3. The number of carbonyl (C=O) groups is 3. The molecule has 1 aliphatic rings. The van der Waals surface area contributed by atoms with Crippen molar-refractivity contribution >= 4 is 45.9 Å². The number of hydrogen-bond acceptors (Lipinski definition) is 8. The molecule has 0 unspecified atom stereocenters. The number of imide groups is 1. The number of nitrogens with one attached hydrogen (secondary N) is 1. The standard InChI is InChI=1S/C32H21F3N4O5/c1-2-43-31(42)28-37-26-9-4-3-8-24(26)27(38-28)36-19-10-12-21(13-11-19)44-22-14-15-23-25(17-22)30(41)39(29(23)40)20-7-5-6-18(16-20)32(33,34)35/h3-17H,2H2,1H3,(H,36,37,38). The fraction of sp³-hybridized carbons (Fsp3) is 0.0938. The number of halogens is 3. The Morgan fingerprint density at radius 3 is 2.32 bits per heavy atom. The maximum atomic E-state index is 13.2. The summed E-state index contributed by atoms with van der Waals surface area (Å²) in [6.45, 7) is 1.87. The summed E-state index contributed by atoms with van der Waals surface area (Å²) in [6.07, 6.45) is -4.63. The van der Waals surface area contributed by atoms with Crippen LogP contribution in [0.1, 0.15) is 43.8 Å². The number of nitrogens with zero attached hydrogens (tertiary/aromatic N) is 3. The third kappa shape index (κ3) is 5.40. The topological polar surface area (TPSA) is 111 Å². The van der Waals surface area contributed by atoms with Crippen molar-refractivity contribution in [2.24, 2.45) is 0 Å². The maximum Gasteiger partial charge on any atom is 0.416 e. The minimum Gasteiger partial charge on any atom is -0.460 e. The normalized spacial score (nSPS) is 12.8. The molecule has 0 radical (unpaired) electrons. The number of hydrogen-bond donors (Lipinski definition) is 1. The molecule has 0 aliphatic carbocycles. The van der Waals surface area contributed by atoms with Crippen molar-refractivity contribution in [1.29, 1.82) is 0 Å². The van der Waals surface area contributed by atoms with E-state index in [1.54, 1.807) is 43.3 Å². The minimum atomic E-state index is -4.63. The van der Waals surface area contributed by atoms with Crippen LogP contribution in [0, 0.1) is 0 Å². The highest BCUT2D eigenvalue weighted by atomic mass is 19.4. The maximum absolute atomic E-state index is 13.2. The van der Waals surface area contributed by atoms with Gasteiger partial charge in [-0.05, 0) is 79.7 Å². The molecule has 2 heterocycles. The first-order chi connectivity index (χ1) is 21.1. The third-order valence-electron chi connectivity index (χ3n) is 6.70. The average molecular weight is 599 g/mol. The molecule has 0 fully saturated rings. The van der Waals surface area contributed by atoms with Crippen molar-refractivity contribution < 1.29 is 37.0 Å². The van der Waals surface area contributed by atoms with Crippen LogP contribution in [-0.4, -0.2) is 34.4 Å². The van der Waals surface area contributed by atoms with Gasteiger partial charge in [0.25, 0.3) is 11.8 Å². The summed E-state index contributed by atoms with van der Waals surface area (Å²) in [6, 6.07) is 22.3. The van der Waals surface area contributed by atoms with Crippen LogP contribution in [0.5, 0.6) is 11.5 Å². The summed E-state index contributed by atoms with van der Waals surface area (Å²) in [5, 5.41) is 3.87. The Morgan fingerprint density at radius 1 is 0.841 bits per heavy atom. The van der Waals surface area contributed by atoms with Crippen molar-refractivity contribution in [3.8, 4) is 11.5 Å². The van der Waals surface area contributed by atoms with Crippen LogP contribution < -0.4 is 15.0 Å². The summed E-state index contributed by atoms with van der Waals surface area (Å²) in [7, 11) is 0. The Labute approximate surface area is 247 Å². The van der Waals surface area contributed by atoms with Crippen molar-refractivity contribution in [1.82, 2.24) is 9.97 Å². The summed E-state index contributed by atoms with van der Waals surface area (Å²) in [5.41, 5.74) is 0.102. The number of fused-ring (bicyclic) bond motifs is 2. The van der Waals surface area contributed by atoms with Crippen LogP contribution in [-0.2, 0) is 10.9 Å². The van der Waals surface area contributed by atoms with E-state index in [0.29, 0.717) is 33.1 Å². The monoisotopic (exact) mass is 598 g/mol. The molecule has 1 N–H and O–H groups in total. The summed E-state index contributed by atoms with van der Waals surface area (Å²) in [4.78, 5) is 47.7. The van der Waals surface area contributed by atoms with Gasteiger partial charge in [0.1, 0.15) is 17.3 Å². The van der Waals surface area contributed by atoms with Crippen molar-refractivity contribution in [2.75, 3.05) is 16.8 Å². The molecule has 1 aliphatic heterocycles. The predicted molar refractivity (Wildman–Crippen MR) is 154 cm³/mol. The van der Waals surface area contributed by atoms with Gasteiger partial charge in [-0.1, -0.05) is 18.2 Å². The fourth-order valence-electron chi connectivity index (χ4n) is 4.68. The molecule has 4 aromatic carbocycles. The van der Waals surface area contributed by atoms with Gasteiger partial charge < -0.3 is 14.8 Å². The average Bonchev–Trinajstić information content (AvgIpc) is 3.26. The van der Waals surface area contributed by atoms with E-state index < -0.39 is 29.5 Å². The number of para-hydroxylation sites is 1. The molecule has 2 amide bonds. The number of anilines is 3. The lowest BCUT2D eigenvalue weighted by Crippen LogP contribution is -2.29. The second-order valence-corrected chi connectivity index (χ2v) is 9.59.